The second-order valence-corrected chi connectivity index (χ2v) is 9.06. The molecule has 1 fully saturated rings. The molecule has 0 N–H and O–H groups in total. The maximum absolute atomic E-state index is 13.2. The normalized spacial score (nSPS) is 19.2. The average molecular weight is 453 g/mol. The molecule has 3 rings (SSSR count). The number of urea groups is 1. The molecule has 154 valence electrons. The monoisotopic (exact) mass is 452 g/mol. The van der Waals surface area contributed by atoms with E-state index in [1.54, 1.807) is 35.1 Å². The summed E-state index contributed by atoms with van der Waals surface area (Å²) in [6, 6.07) is 11.9. The van der Waals surface area contributed by atoms with Gasteiger partial charge in [0.2, 0.25) is 0 Å². The lowest BCUT2D eigenvalue weighted by Crippen LogP contribution is -2.39. The summed E-state index contributed by atoms with van der Waals surface area (Å²) in [7, 11) is 1.60. The lowest BCUT2D eigenvalue weighted by molar-refractivity contribution is -0.111. The number of thioether (sulfide) groups is 1. The second kappa shape index (κ2) is 9.28. The first-order valence-electron chi connectivity index (χ1n) is 9.14. The molecule has 5 nitrogen and oxygen atoms in total. The molecule has 1 aliphatic heterocycles. The van der Waals surface area contributed by atoms with E-state index in [9.17, 15) is 9.59 Å². The van der Waals surface area contributed by atoms with Crippen LogP contribution in [0.25, 0.3) is 0 Å². The topological polar surface area (TPSA) is 49.9 Å². The van der Waals surface area contributed by atoms with E-state index in [1.165, 1.54) is 11.8 Å². The van der Waals surface area contributed by atoms with Crippen molar-refractivity contribution in [3.05, 3.63) is 58.1 Å². The van der Waals surface area contributed by atoms with E-state index in [0.717, 1.165) is 22.5 Å². The van der Waals surface area contributed by atoms with E-state index in [4.69, 9.17) is 27.9 Å². The van der Waals surface area contributed by atoms with E-state index in [-0.39, 0.29) is 17.4 Å². The van der Waals surface area contributed by atoms with Gasteiger partial charge in [-0.3, -0.25) is 0 Å². The molecule has 2 atom stereocenters. The number of hydrogen-bond acceptors (Lipinski definition) is 4. The Balaban J connectivity index is 1.89. The van der Waals surface area contributed by atoms with E-state index in [2.05, 4.69) is 0 Å². The fourth-order valence-electron chi connectivity index (χ4n) is 3.32. The number of aldehydes is 1. The van der Waals surface area contributed by atoms with Gasteiger partial charge in [-0.2, -0.15) is 0 Å². The van der Waals surface area contributed by atoms with Crippen LogP contribution in [0.5, 0.6) is 5.75 Å². The molecule has 0 radical (unpaired) electrons. The van der Waals surface area contributed by atoms with Crippen molar-refractivity contribution in [2.45, 2.75) is 42.7 Å². The van der Waals surface area contributed by atoms with Gasteiger partial charge in [-0.15, -0.1) is 0 Å². The number of nitrogens with zero attached hydrogens (tertiary/aromatic N) is 2. The number of amides is 2. The predicted octanol–water partition coefficient (Wildman–Crippen LogP) is 5.33. The molecule has 0 spiro atoms. The van der Waals surface area contributed by atoms with Crippen molar-refractivity contribution in [3.63, 3.8) is 0 Å². The van der Waals surface area contributed by atoms with Gasteiger partial charge in [0, 0.05) is 27.5 Å². The SMILES string of the molecule is COc1ccc(CN2C(=O)N(C(C)C)C(Sc3cc(Cl)cc(Cl)c3)C2C=O)cc1. The van der Waals surface area contributed by atoms with Crippen LogP contribution < -0.4 is 4.74 Å². The molecule has 1 aliphatic rings. The standard InChI is InChI=1S/C21H22Cl2N2O3S/c1-13(2)25-20(29-18-9-15(22)8-16(23)10-18)19(12-26)24(21(25)27)11-14-4-6-17(28-3)7-5-14/h4-10,12-13,19-20H,11H2,1-3H3. The molecule has 29 heavy (non-hydrogen) atoms. The number of carbonyl (C=O) groups is 2. The number of methoxy groups -OCH3 is 1. The Bertz CT molecular complexity index is 872. The first kappa shape index (κ1) is 21.8. The van der Waals surface area contributed by atoms with Crippen molar-refractivity contribution in [2.24, 2.45) is 0 Å². The van der Waals surface area contributed by atoms with Crippen molar-refractivity contribution < 1.29 is 14.3 Å². The van der Waals surface area contributed by atoms with Gasteiger partial charge < -0.3 is 19.3 Å². The molecule has 0 aliphatic carbocycles. The van der Waals surface area contributed by atoms with Gasteiger partial charge in [0.05, 0.1) is 7.11 Å². The zero-order valence-electron chi connectivity index (χ0n) is 16.3. The van der Waals surface area contributed by atoms with Crippen LogP contribution in [0.3, 0.4) is 0 Å². The van der Waals surface area contributed by atoms with Gasteiger partial charge >= 0.3 is 6.03 Å². The summed E-state index contributed by atoms with van der Waals surface area (Å²) >= 11 is 13.7. The maximum atomic E-state index is 13.2. The number of ether oxygens (including phenoxy) is 1. The van der Waals surface area contributed by atoms with Gasteiger partial charge in [0.15, 0.2) is 0 Å². The smallest absolute Gasteiger partial charge is 0.322 e. The Morgan fingerprint density at radius 1 is 1.14 bits per heavy atom. The van der Waals surface area contributed by atoms with Crippen molar-refractivity contribution >= 4 is 47.3 Å². The molecular weight excluding hydrogens is 431 g/mol. The Hall–Kier alpha value is -1.89. The van der Waals surface area contributed by atoms with Gasteiger partial charge in [0.25, 0.3) is 0 Å². The summed E-state index contributed by atoms with van der Waals surface area (Å²) in [5, 5.41) is 0.643. The van der Waals surface area contributed by atoms with Crippen molar-refractivity contribution in [1.82, 2.24) is 9.80 Å². The molecule has 2 amide bonds. The lowest BCUT2D eigenvalue weighted by atomic mass is 10.2. The fraction of sp³-hybridized carbons (Fsp3) is 0.333. The largest absolute Gasteiger partial charge is 0.497 e. The van der Waals surface area contributed by atoms with Crippen LogP contribution in [0.15, 0.2) is 47.4 Å². The van der Waals surface area contributed by atoms with Crippen LogP contribution >= 0.6 is 35.0 Å². The third kappa shape index (κ3) is 4.82. The van der Waals surface area contributed by atoms with Crippen molar-refractivity contribution in [2.75, 3.05) is 7.11 Å². The number of halogens is 2. The average Bonchev–Trinajstić information content (AvgIpc) is 2.92. The zero-order chi connectivity index (χ0) is 21.1. The number of benzene rings is 2. The van der Waals surface area contributed by atoms with Gasteiger partial charge in [-0.1, -0.05) is 47.1 Å². The predicted molar refractivity (Wildman–Crippen MR) is 117 cm³/mol. The number of carbonyl (C=O) groups excluding carboxylic acids is 2. The molecule has 2 aromatic carbocycles. The Morgan fingerprint density at radius 2 is 1.76 bits per heavy atom. The Morgan fingerprint density at radius 3 is 2.28 bits per heavy atom. The minimum Gasteiger partial charge on any atom is -0.497 e. The van der Waals surface area contributed by atoms with Crippen LogP contribution in [0, 0.1) is 0 Å². The summed E-state index contributed by atoms with van der Waals surface area (Å²) in [5.41, 5.74) is 0.922. The molecule has 0 aromatic heterocycles. The van der Waals surface area contributed by atoms with Crippen molar-refractivity contribution in [3.8, 4) is 5.75 Å². The molecule has 8 heteroatoms. The minimum atomic E-state index is -0.602. The van der Waals surface area contributed by atoms with Crippen LogP contribution in [0.4, 0.5) is 4.79 Å². The summed E-state index contributed by atoms with van der Waals surface area (Å²) in [5.74, 6) is 0.739. The first-order chi connectivity index (χ1) is 13.8. The molecular formula is C21H22Cl2N2O3S. The quantitative estimate of drug-likeness (QED) is 0.532. The highest BCUT2D eigenvalue weighted by molar-refractivity contribution is 8.00. The summed E-state index contributed by atoms with van der Waals surface area (Å²) in [4.78, 5) is 29.4. The molecule has 2 aromatic rings. The summed E-state index contributed by atoms with van der Waals surface area (Å²) in [6.07, 6.45) is 0.841. The second-order valence-electron chi connectivity index (χ2n) is 7.00. The van der Waals surface area contributed by atoms with E-state index in [1.807, 2.05) is 38.1 Å². The van der Waals surface area contributed by atoms with Gasteiger partial charge in [0.1, 0.15) is 23.5 Å². The number of rotatable bonds is 7. The zero-order valence-corrected chi connectivity index (χ0v) is 18.7. The minimum absolute atomic E-state index is 0.0713. The third-order valence-corrected chi connectivity index (χ3v) is 6.39. The summed E-state index contributed by atoms with van der Waals surface area (Å²) < 4.78 is 5.18. The van der Waals surface area contributed by atoms with Crippen LogP contribution in [-0.4, -0.2) is 46.7 Å². The Kier molecular flexibility index (Phi) is 6.98. The summed E-state index contributed by atoms with van der Waals surface area (Å²) in [6.45, 7) is 4.22. The fourth-order valence-corrected chi connectivity index (χ4v) is 5.44. The van der Waals surface area contributed by atoms with Crippen LogP contribution in [0.1, 0.15) is 19.4 Å². The highest BCUT2D eigenvalue weighted by Crippen LogP contribution is 2.38. The molecule has 1 saturated heterocycles. The number of hydrogen-bond donors (Lipinski definition) is 0. The Labute approximate surface area is 184 Å². The molecule has 1 heterocycles. The van der Waals surface area contributed by atoms with Crippen molar-refractivity contribution in [1.29, 1.82) is 0 Å². The maximum Gasteiger partial charge on any atom is 0.322 e. The van der Waals surface area contributed by atoms with E-state index >= 15 is 0 Å². The van der Waals surface area contributed by atoms with E-state index in [0.29, 0.717) is 16.6 Å². The third-order valence-electron chi connectivity index (χ3n) is 4.69. The highest BCUT2D eigenvalue weighted by Gasteiger charge is 2.47. The lowest BCUT2D eigenvalue weighted by Gasteiger charge is -2.27. The van der Waals surface area contributed by atoms with Gasteiger partial charge in [-0.05, 0) is 49.7 Å². The molecule has 2 unspecified atom stereocenters. The van der Waals surface area contributed by atoms with E-state index < -0.39 is 6.04 Å². The van der Waals surface area contributed by atoms with Gasteiger partial charge in [-0.25, -0.2) is 4.79 Å². The van der Waals surface area contributed by atoms with Crippen LogP contribution in [0.2, 0.25) is 10.0 Å². The highest BCUT2D eigenvalue weighted by atomic mass is 35.5. The van der Waals surface area contributed by atoms with Crippen LogP contribution in [-0.2, 0) is 11.3 Å². The molecule has 0 bridgehead atoms. The first-order valence-corrected chi connectivity index (χ1v) is 10.8. The molecule has 0 saturated carbocycles.